The lowest BCUT2D eigenvalue weighted by atomic mass is 10.2. The van der Waals surface area contributed by atoms with Crippen molar-refractivity contribution in [3.05, 3.63) is 40.2 Å². The molecule has 0 aliphatic heterocycles. The van der Waals surface area contributed by atoms with Crippen LogP contribution in [0.4, 0.5) is 0 Å². The third-order valence-electron chi connectivity index (χ3n) is 1.89. The molecule has 0 spiro atoms. The molecule has 1 aromatic rings. The third-order valence-corrected chi connectivity index (χ3v) is 5.19. The number of ketones is 1. The Labute approximate surface area is 111 Å². The lowest BCUT2D eigenvalue weighted by Crippen LogP contribution is -2.06. The zero-order valence-electron chi connectivity index (χ0n) is 8.33. The molecule has 1 aliphatic rings. The predicted octanol–water partition coefficient (Wildman–Crippen LogP) is 2.30. The maximum atomic E-state index is 11.8. The molecule has 0 N–H and O–H groups in total. The van der Waals surface area contributed by atoms with E-state index in [4.69, 9.17) is 0 Å². The number of halogens is 1. The van der Waals surface area contributed by atoms with E-state index in [1.165, 1.54) is 24.3 Å². The smallest absolute Gasteiger partial charge is 0.289 e. The molecular formula is C10H6BrNO3S2. The highest BCUT2D eigenvalue weighted by molar-refractivity contribution is 9.12. The number of rotatable bonds is 2. The van der Waals surface area contributed by atoms with Crippen LogP contribution in [0, 0.1) is 0 Å². The minimum absolute atomic E-state index is 0.180. The van der Waals surface area contributed by atoms with Gasteiger partial charge in [0.2, 0.25) is 0 Å². The molecule has 88 valence electrons. The summed E-state index contributed by atoms with van der Waals surface area (Å²) in [6.07, 6.45) is 4.03. The summed E-state index contributed by atoms with van der Waals surface area (Å²) in [4.78, 5) is 11.1. The van der Waals surface area contributed by atoms with Crippen molar-refractivity contribution >= 4 is 48.8 Å². The maximum absolute atomic E-state index is 11.8. The fourth-order valence-electron chi connectivity index (χ4n) is 1.14. The van der Waals surface area contributed by atoms with Gasteiger partial charge in [-0.25, -0.2) is 0 Å². The van der Waals surface area contributed by atoms with Crippen molar-refractivity contribution in [1.82, 2.24) is 0 Å². The van der Waals surface area contributed by atoms with Crippen LogP contribution in [-0.4, -0.2) is 19.9 Å². The van der Waals surface area contributed by atoms with Gasteiger partial charge < -0.3 is 0 Å². The largest absolute Gasteiger partial charge is 0.292 e. The van der Waals surface area contributed by atoms with Gasteiger partial charge in [0.15, 0.2) is 5.78 Å². The molecule has 0 saturated carbocycles. The van der Waals surface area contributed by atoms with Gasteiger partial charge in [-0.2, -0.15) is 12.8 Å². The number of carbonyl (C=O) groups excluding carboxylic acids is 1. The molecule has 1 aromatic heterocycles. The van der Waals surface area contributed by atoms with Crippen LogP contribution in [0.15, 0.2) is 48.8 Å². The van der Waals surface area contributed by atoms with Gasteiger partial charge in [-0.05, 0) is 45.6 Å². The zero-order chi connectivity index (χ0) is 12.5. The number of sulfonamides is 1. The van der Waals surface area contributed by atoms with Crippen LogP contribution in [0.5, 0.6) is 0 Å². The van der Waals surface area contributed by atoms with Gasteiger partial charge >= 0.3 is 0 Å². The van der Waals surface area contributed by atoms with Crippen molar-refractivity contribution in [2.45, 2.75) is 4.21 Å². The van der Waals surface area contributed by atoms with Crippen LogP contribution in [0.1, 0.15) is 0 Å². The van der Waals surface area contributed by atoms with Crippen LogP contribution < -0.4 is 0 Å². The van der Waals surface area contributed by atoms with Crippen LogP contribution in [-0.2, 0) is 14.8 Å². The first kappa shape index (κ1) is 12.4. The van der Waals surface area contributed by atoms with Crippen molar-refractivity contribution in [2.24, 2.45) is 4.40 Å². The Kier molecular flexibility index (Phi) is 3.41. The van der Waals surface area contributed by atoms with E-state index in [-0.39, 0.29) is 15.7 Å². The highest BCUT2D eigenvalue weighted by atomic mass is 79.9. The van der Waals surface area contributed by atoms with Crippen LogP contribution in [0.3, 0.4) is 0 Å². The molecule has 2 rings (SSSR count). The highest BCUT2D eigenvalue weighted by Crippen LogP contribution is 2.20. The summed E-state index contributed by atoms with van der Waals surface area (Å²) in [7, 11) is -3.68. The Balaban J connectivity index is 2.39. The molecule has 0 aromatic carbocycles. The van der Waals surface area contributed by atoms with Crippen molar-refractivity contribution in [1.29, 1.82) is 0 Å². The van der Waals surface area contributed by atoms with Gasteiger partial charge in [0, 0.05) is 0 Å². The molecule has 0 bridgehead atoms. The molecule has 0 atom stereocenters. The second-order valence-electron chi connectivity index (χ2n) is 3.11. The summed E-state index contributed by atoms with van der Waals surface area (Å²) < 4.78 is 27.7. The van der Waals surface area contributed by atoms with E-state index in [0.29, 0.717) is 4.48 Å². The van der Waals surface area contributed by atoms with Gasteiger partial charge in [-0.15, -0.1) is 11.3 Å². The molecule has 1 heterocycles. The molecule has 0 unspecified atom stereocenters. The number of allylic oxidation sites excluding steroid dienone is 4. The fourth-order valence-corrected chi connectivity index (χ4v) is 3.45. The Morgan fingerprint density at radius 1 is 1.29 bits per heavy atom. The van der Waals surface area contributed by atoms with Gasteiger partial charge in [0.1, 0.15) is 4.21 Å². The number of carbonyl (C=O) groups is 1. The first-order valence-electron chi connectivity index (χ1n) is 4.47. The number of hydrogen-bond acceptors (Lipinski definition) is 4. The molecular weight excluding hydrogens is 326 g/mol. The summed E-state index contributed by atoms with van der Waals surface area (Å²) in [5.74, 6) is -0.211. The minimum atomic E-state index is -3.68. The van der Waals surface area contributed by atoms with Crippen LogP contribution in [0.2, 0.25) is 0 Å². The standard InChI is InChI=1S/C10H6BrNO3S2/c11-8-6-7(3-4-9(8)13)12-17(14,15)10-2-1-5-16-10/h1-6H. The Bertz CT molecular complexity index is 639. The summed E-state index contributed by atoms with van der Waals surface area (Å²) in [6.45, 7) is 0. The monoisotopic (exact) mass is 331 g/mol. The van der Waals surface area contributed by atoms with Crippen molar-refractivity contribution in [2.75, 3.05) is 0 Å². The van der Waals surface area contributed by atoms with Crippen LogP contribution >= 0.6 is 27.3 Å². The maximum Gasteiger partial charge on any atom is 0.292 e. The van der Waals surface area contributed by atoms with E-state index < -0.39 is 10.0 Å². The third kappa shape index (κ3) is 2.80. The van der Waals surface area contributed by atoms with E-state index in [2.05, 4.69) is 20.3 Å². The quantitative estimate of drug-likeness (QED) is 0.781. The molecule has 0 saturated heterocycles. The molecule has 17 heavy (non-hydrogen) atoms. The minimum Gasteiger partial charge on any atom is -0.289 e. The van der Waals surface area contributed by atoms with Gasteiger partial charge in [-0.3, -0.25) is 4.79 Å². The highest BCUT2D eigenvalue weighted by Gasteiger charge is 2.16. The van der Waals surface area contributed by atoms with Crippen molar-refractivity contribution in [3.8, 4) is 0 Å². The first-order valence-corrected chi connectivity index (χ1v) is 7.58. The lowest BCUT2D eigenvalue weighted by Gasteiger charge is -2.02. The van der Waals surface area contributed by atoms with E-state index in [1.54, 1.807) is 11.4 Å². The van der Waals surface area contributed by atoms with Gasteiger partial charge in [0.05, 0.1) is 10.2 Å². The summed E-state index contributed by atoms with van der Waals surface area (Å²) in [5.41, 5.74) is 0.227. The average Bonchev–Trinajstić information content (AvgIpc) is 2.77. The number of nitrogens with zero attached hydrogens (tertiary/aromatic N) is 1. The normalized spacial score (nSPS) is 18.5. The molecule has 0 amide bonds. The van der Waals surface area contributed by atoms with Crippen molar-refractivity contribution < 1.29 is 13.2 Å². The van der Waals surface area contributed by atoms with Crippen molar-refractivity contribution in [3.63, 3.8) is 0 Å². The Morgan fingerprint density at radius 2 is 2.06 bits per heavy atom. The summed E-state index contributed by atoms with van der Waals surface area (Å²) >= 11 is 4.14. The second kappa shape index (κ2) is 4.67. The van der Waals surface area contributed by atoms with E-state index >= 15 is 0 Å². The Hall–Kier alpha value is -1.05. The second-order valence-corrected chi connectivity index (χ2v) is 6.75. The summed E-state index contributed by atoms with van der Waals surface area (Å²) in [5, 5.41) is 1.67. The fraction of sp³-hybridized carbons (Fsp3) is 0. The van der Waals surface area contributed by atoms with E-state index in [9.17, 15) is 13.2 Å². The predicted molar refractivity (Wildman–Crippen MR) is 70.1 cm³/mol. The average molecular weight is 332 g/mol. The van der Waals surface area contributed by atoms with Crippen LogP contribution in [0.25, 0.3) is 0 Å². The molecule has 1 aliphatic carbocycles. The van der Waals surface area contributed by atoms with Gasteiger partial charge in [0.25, 0.3) is 10.0 Å². The topological polar surface area (TPSA) is 63.6 Å². The van der Waals surface area contributed by atoms with E-state index in [0.717, 1.165) is 11.3 Å². The molecule has 0 fully saturated rings. The SMILES string of the molecule is O=C1C=CC(=NS(=O)(=O)c2cccs2)C=C1Br. The summed E-state index contributed by atoms with van der Waals surface area (Å²) in [6, 6.07) is 3.13. The van der Waals surface area contributed by atoms with E-state index in [1.807, 2.05) is 0 Å². The zero-order valence-corrected chi connectivity index (χ0v) is 11.5. The molecule has 0 radical (unpaired) electrons. The molecule has 4 nitrogen and oxygen atoms in total. The first-order chi connectivity index (χ1) is 7.99. The number of thiophene rings is 1. The van der Waals surface area contributed by atoms with Gasteiger partial charge in [-0.1, -0.05) is 6.07 Å². The number of hydrogen-bond donors (Lipinski definition) is 0. The lowest BCUT2D eigenvalue weighted by molar-refractivity contribution is -0.110. The molecule has 7 heteroatoms. The Morgan fingerprint density at radius 3 is 2.65 bits per heavy atom.